The molecule has 2 aromatic carbocycles. The standard InChI is InChI=1S/C22H28N2O6S/c1-15-6-5-11-24(14-15)31(26,27)18-9-7-17(8-10-18)23-22(25)16-12-19(28-2)21(30-4)20(13-16)29-3/h7-10,12-13,15H,5-6,11,14H2,1-4H3,(H,23,25). The van der Waals surface area contributed by atoms with Gasteiger partial charge in [0, 0.05) is 24.3 Å². The molecule has 3 rings (SSSR count). The lowest BCUT2D eigenvalue weighted by Crippen LogP contribution is -2.39. The number of anilines is 1. The first-order valence-corrected chi connectivity index (χ1v) is 11.5. The van der Waals surface area contributed by atoms with Crippen LogP contribution in [-0.2, 0) is 10.0 Å². The Morgan fingerprint density at radius 3 is 2.16 bits per heavy atom. The Bertz CT molecular complexity index is 1010. The van der Waals surface area contributed by atoms with Crippen molar-refractivity contribution in [2.45, 2.75) is 24.7 Å². The first-order valence-electron chi connectivity index (χ1n) is 10.0. The fourth-order valence-electron chi connectivity index (χ4n) is 3.64. The summed E-state index contributed by atoms with van der Waals surface area (Å²) in [5.74, 6) is 1.08. The maximum atomic E-state index is 12.9. The molecule has 0 saturated carbocycles. The minimum atomic E-state index is -3.54. The van der Waals surface area contributed by atoms with Crippen LogP contribution in [0.4, 0.5) is 5.69 Å². The molecule has 1 aliphatic rings. The van der Waals surface area contributed by atoms with Crippen LogP contribution in [0.25, 0.3) is 0 Å². The van der Waals surface area contributed by atoms with Crippen molar-refractivity contribution in [3.05, 3.63) is 42.0 Å². The van der Waals surface area contributed by atoms with Crippen molar-refractivity contribution in [2.75, 3.05) is 39.7 Å². The fraction of sp³-hybridized carbons (Fsp3) is 0.409. The molecular formula is C22H28N2O6S. The van der Waals surface area contributed by atoms with Gasteiger partial charge in [-0.15, -0.1) is 0 Å². The van der Waals surface area contributed by atoms with Crippen LogP contribution in [-0.4, -0.2) is 53.0 Å². The van der Waals surface area contributed by atoms with E-state index in [9.17, 15) is 13.2 Å². The largest absolute Gasteiger partial charge is 0.493 e. The van der Waals surface area contributed by atoms with Gasteiger partial charge in [-0.05, 0) is 55.2 Å². The number of benzene rings is 2. The second-order valence-electron chi connectivity index (χ2n) is 7.50. The second kappa shape index (κ2) is 9.57. The Labute approximate surface area is 183 Å². The number of ether oxygens (including phenoxy) is 3. The number of rotatable bonds is 7. The van der Waals surface area contributed by atoms with Crippen LogP contribution in [0.5, 0.6) is 17.2 Å². The van der Waals surface area contributed by atoms with E-state index in [1.165, 1.54) is 37.8 Å². The van der Waals surface area contributed by atoms with Crippen molar-refractivity contribution in [3.8, 4) is 17.2 Å². The first kappa shape index (κ1) is 22.9. The number of sulfonamides is 1. The molecule has 1 heterocycles. The van der Waals surface area contributed by atoms with Gasteiger partial charge in [-0.1, -0.05) is 6.92 Å². The smallest absolute Gasteiger partial charge is 0.255 e. The summed E-state index contributed by atoms with van der Waals surface area (Å²) >= 11 is 0. The molecule has 8 nitrogen and oxygen atoms in total. The number of nitrogens with zero attached hydrogens (tertiary/aromatic N) is 1. The Kier molecular flexibility index (Phi) is 7.07. The van der Waals surface area contributed by atoms with Gasteiger partial charge in [-0.3, -0.25) is 4.79 Å². The maximum Gasteiger partial charge on any atom is 0.255 e. The number of hydrogen-bond donors (Lipinski definition) is 1. The molecule has 1 amide bonds. The number of hydrogen-bond acceptors (Lipinski definition) is 6. The van der Waals surface area contributed by atoms with Crippen LogP contribution >= 0.6 is 0 Å². The monoisotopic (exact) mass is 448 g/mol. The Balaban J connectivity index is 1.77. The molecule has 1 saturated heterocycles. The highest BCUT2D eigenvalue weighted by Gasteiger charge is 2.28. The summed E-state index contributed by atoms with van der Waals surface area (Å²) in [5.41, 5.74) is 0.790. The molecule has 31 heavy (non-hydrogen) atoms. The van der Waals surface area contributed by atoms with E-state index in [0.717, 1.165) is 12.8 Å². The zero-order chi connectivity index (χ0) is 22.6. The SMILES string of the molecule is COc1cc(C(=O)Nc2ccc(S(=O)(=O)N3CCCC(C)C3)cc2)cc(OC)c1OC. The molecular weight excluding hydrogens is 420 g/mol. The van der Waals surface area contributed by atoms with Gasteiger partial charge in [0.1, 0.15) is 0 Å². The summed E-state index contributed by atoms with van der Waals surface area (Å²) in [4.78, 5) is 12.9. The Morgan fingerprint density at radius 1 is 1.03 bits per heavy atom. The van der Waals surface area contributed by atoms with Gasteiger partial charge in [-0.25, -0.2) is 8.42 Å². The maximum absolute atomic E-state index is 12.9. The number of carbonyl (C=O) groups is 1. The van der Waals surface area contributed by atoms with Gasteiger partial charge >= 0.3 is 0 Å². The molecule has 168 valence electrons. The molecule has 2 aromatic rings. The molecule has 0 bridgehead atoms. The van der Waals surface area contributed by atoms with Crippen LogP contribution < -0.4 is 19.5 Å². The normalized spacial score (nSPS) is 17.1. The van der Waals surface area contributed by atoms with Gasteiger partial charge in [0.25, 0.3) is 5.91 Å². The lowest BCUT2D eigenvalue weighted by molar-refractivity contribution is 0.102. The molecule has 9 heteroatoms. The van der Waals surface area contributed by atoms with Crippen LogP contribution in [0.3, 0.4) is 0 Å². The zero-order valence-corrected chi connectivity index (χ0v) is 19.0. The zero-order valence-electron chi connectivity index (χ0n) is 18.2. The van der Waals surface area contributed by atoms with Crippen LogP contribution in [0.15, 0.2) is 41.3 Å². The number of piperidine rings is 1. The summed E-state index contributed by atoms with van der Waals surface area (Å²) in [6.45, 7) is 3.12. The summed E-state index contributed by atoms with van der Waals surface area (Å²) in [5, 5.41) is 2.76. The lowest BCUT2D eigenvalue weighted by Gasteiger charge is -2.30. The van der Waals surface area contributed by atoms with E-state index in [0.29, 0.717) is 47.5 Å². The molecule has 0 aromatic heterocycles. The molecule has 0 radical (unpaired) electrons. The highest BCUT2D eigenvalue weighted by Crippen LogP contribution is 2.38. The highest BCUT2D eigenvalue weighted by atomic mass is 32.2. The summed E-state index contributed by atoms with van der Waals surface area (Å²) in [6, 6.07) is 9.28. The van der Waals surface area contributed by atoms with Crippen molar-refractivity contribution >= 4 is 21.6 Å². The third kappa shape index (κ3) is 4.94. The number of methoxy groups -OCH3 is 3. The van der Waals surface area contributed by atoms with Gasteiger partial charge in [0.05, 0.1) is 26.2 Å². The van der Waals surface area contributed by atoms with E-state index in [1.807, 2.05) is 0 Å². The number of carbonyl (C=O) groups excluding carboxylic acids is 1. The third-order valence-corrected chi connectivity index (χ3v) is 7.18. The van der Waals surface area contributed by atoms with E-state index < -0.39 is 10.0 Å². The third-order valence-electron chi connectivity index (χ3n) is 5.30. The quantitative estimate of drug-likeness (QED) is 0.698. The van der Waals surface area contributed by atoms with Crippen LogP contribution in [0.2, 0.25) is 0 Å². The summed E-state index contributed by atoms with van der Waals surface area (Å²) in [7, 11) is 0.889. The van der Waals surface area contributed by atoms with Crippen molar-refractivity contribution in [1.29, 1.82) is 0 Å². The van der Waals surface area contributed by atoms with E-state index in [2.05, 4.69) is 12.2 Å². The predicted molar refractivity (Wildman–Crippen MR) is 118 cm³/mol. The van der Waals surface area contributed by atoms with Gasteiger partial charge in [0.2, 0.25) is 15.8 Å². The Morgan fingerprint density at radius 2 is 1.65 bits per heavy atom. The van der Waals surface area contributed by atoms with Gasteiger partial charge in [-0.2, -0.15) is 4.31 Å². The molecule has 1 N–H and O–H groups in total. The molecule has 0 aliphatic carbocycles. The van der Waals surface area contributed by atoms with Crippen molar-refractivity contribution < 1.29 is 27.4 Å². The molecule has 1 atom stereocenters. The van der Waals surface area contributed by atoms with E-state index in [1.54, 1.807) is 24.3 Å². The summed E-state index contributed by atoms with van der Waals surface area (Å²) < 4.78 is 43.1. The topological polar surface area (TPSA) is 94.2 Å². The fourth-order valence-corrected chi connectivity index (χ4v) is 5.24. The predicted octanol–water partition coefficient (Wildman–Crippen LogP) is 3.39. The van der Waals surface area contributed by atoms with Crippen molar-refractivity contribution in [2.24, 2.45) is 5.92 Å². The van der Waals surface area contributed by atoms with Crippen molar-refractivity contribution in [3.63, 3.8) is 0 Å². The van der Waals surface area contributed by atoms with Gasteiger partial charge in [0.15, 0.2) is 11.5 Å². The van der Waals surface area contributed by atoms with E-state index in [-0.39, 0.29) is 10.8 Å². The number of nitrogens with one attached hydrogen (secondary N) is 1. The summed E-state index contributed by atoms with van der Waals surface area (Å²) in [6.07, 6.45) is 1.90. The van der Waals surface area contributed by atoms with Crippen LogP contribution in [0.1, 0.15) is 30.1 Å². The van der Waals surface area contributed by atoms with E-state index in [4.69, 9.17) is 14.2 Å². The molecule has 1 unspecified atom stereocenters. The van der Waals surface area contributed by atoms with Gasteiger partial charge < -0.3 is 19.5 Å². The minimum Gasteiger partial charge on any atom is -0.493 e. The lowest BCUT2D eigenvalue weighted by atomic mass is 10.0. The average Bonchev–Trinajstić information content (AvgIpc) is 2.78. The second-order valence-corrected chi connectivity index (χ2v) is 9.44. The van der Waals surface area contributed by atoms with Crippen molar-refractivity contribution in [1.82, 2.24) is 4.31 Å². The van der Waals surface area contributed by atoms with E-state index >= 15 is 0 Å². The molecule has 0 spiro atoms. The number of amides is 1. The highest BCUT2D eigenvalue weighted by molar-refractivity contribution is 7.89. The average molecular weight is 449 g/mol. The molecule has 1 fully saturated rings. The Hall–Kier alpha value is -2.78. The molecule has 1 aliphatic heterocycles. The van der Waals surface area contributed by atoms with Crippen LogP contribution in [0, 0.1) is 5.92 Å². The first-order chi connectivity index (χ1) is 14.8. The minimum absolute atomic E-state index is 0.215.